The minimum absolute atomic E-state index is 0.180. The lowest BCUT2D eigenvalue weighted by Gasteiger charge is -2.28. The van der Waals surface area contributed by atoms with E-state index >= 15 is 0 Å². The molecule has 4 nitrogen and oxygen atoms in total. The van der Waals surface area contributed by atoms with Gasteiger partial charge in [-0.1, -0.05) is 30.3 Å². The van der Waals surface area contributed by atoms with Crippen LogP contribution in [0, 0.1) is 0 Å². The molecule has 4 heteroatoms. The fraction of sp³-hybridized carbons (Fsp3) is 0.462. The summed E-state index contributed by atoms with van der Waals surface area (Å²) >= 11 is 0. The zero-order valence-corrected chi connectivity index (χ0v) is 9.80. The summed E-state index contributed by atoms with van der Waals surface area (Å²) in [6.07, 6.45) is 2.36. The van der Waals surface area contributed by atoms with E-state index in [-0.39, 0.29) is 6.03 Å². The predicted molar refractivity (Wildman–Crippen MR) is 65.4 cm³/mol. The number of aliphatic hydroxyl groups excluding tert-OH is 1. The second-order valence-corrected chi connectivity index (χ2v) is 4.31. The number of urea groups is 1. The van der Waals surface area contributed by atoms with Gasteiger partial charge < -0.3 is 15.3 Å². The fourth-order valence-corrected chi connectivity index (χ4v) is 2.02. The molecule has 2 rings (SSSR count). The Morgan fingerprint density at radius 1 is 1.18 bits per heavy atom. The van der Waals surface area contributed by atoms with Gasteiger partial charge in [-0.2, -0.15) is 0 Å². The molecule has 1 aromatic carbocycles. The van der Waals surface area contributed by atoms with Gasteiger partial charge in [-0.15, -0.1) is 0 Å². The number of nitrogens with one attached hydrogen (secondary N) is 1. The lowest BCUT2D eigenvalue weighted by Crippen LogP contribution is -2.44. The number of aliphatic hydroxyl groups is 1. The first-order valence-corrected chi connectivity index (χ1v) is 6.06. The molecule has 0 aliphatic carbocycles. The maximum absolute atomic E-state index is 11.8. The van der Waals surface area contributed by atoms with Crippen LogP contribution in [0.2, 0.25) is 0 Å². The van der Waals surface area contributed by atoms with E-state index in [2.05, 4.69) is 5.32 Å². The molecule has 2 amide bonds. The third-order valence-corrected chi connectivity index (χ3v) is 3.02. The average Bonchev–Trinajstić information content (AvgIpc) is 2.40. The van der Waals surface area contributed by atoms with Gasteiger partial charge in [0.05, 0.1) is 0 Å². The van der Waals surface area contributed by atoms with Crippen molar-refractivity contribution in [2.75, 3.05) is 13.1 Å². The Morgan fingerprint density at radius 3 is 2.47 bits per heavy atom. The lowest BCUT2D eigenvalue weighted by molar-refractivity contribution is 0.122. The summed E-state index contributed by atoms with van der Waals surface area (Å²) in [6.45, 7) is 1.57. The third kappa shape index (κ3) is 3.20. The van der Waals surface area contributed by atoms with Crippen molar-refractivity contribution < 1.29 is 9.90 Å². The molecule has 17 heavy (non-hydrogen) atoms. The van der Waals surface area contributed by atoms with Crippen LogP contribution < -0.4 is 5.32 Å². The standard InChI is InChI=1S/C13H18N2O2/c16-12(11-7-3-1-4-8-11)14-13(17)15-9-5-2-6-10-15/h1,3-4,7-8,12,16H,2,5-6,9-10H2,(H,14,17). The minimum Gasteiger partial charge on any atom is -0.369 e. The van der Waals surface area contributed by atoms with Crippen molar-refractivity contribution in [3.8, 4) is 0 Å². The Kier molecular flexibility index (Phi) is 3.98. The summed E-state index contributed by atoms with van der Waals surface area (Å²) in [4.78, 5) is 13.6. The average molecular weight is 234 g/mol. The number of carbonyl (C=O) groups is 1. The molecular formula is C13H18N2O2. The first-order chi connectivity index (χ1) is 8.27. The van der Waals surface area contributed by atoms with Gasteiger partial charge in [0.15, 0.2) is 6.23 Å². The molecule has 92 valence electrons. The van der Waals surface area contributed by atoms with Gasteiger partial charge in [0.1, 0.15) is 0 Å². The van der Waals surface area contributed by atoms with Crippen molar-refractivity contribution >= 4 is 6.03 Å². The van der Waals surface area contributed by atoms with Crippen molar-refractivity contribution in [3.63, 3.8) is 0 Å². The highest BCUT2D eigenvalue weighted by molar-refractivity contribution is 5.74. The van der Waals surface area contributed by atoms with Crippen LogP contribution in [-0.2, 0) is 0 Å². The molecular weight excluding hydrogens is 216 g/mol. The van der Waals surface area contributed by atoms with E-state index in [0.717, 1.165) is 25.9 Å². The number of hydrogen-bond donors (Lipinski definition) is 2. The van der Waals surface area contributed by atoms with Crippen LogP contribution in [-0.4, -0.2) is 29.1 Å². The molecule has 0 saturated carbocycles. The Bertz CT molecular complexity index is 361. The number of piperidine rings is 1. The topological polar surface area (TPSA) is 52.6 Å². The lowest BCUT2D eigenvalue weighted by atomic mass is 10.1. The number of nitrogens with zero attached hydrogens (tertiary/aromatic N) is 1. The number of amides is 2. The Hall–Kier alpha value is -1.55. The van der Waals surface area contributed by atoms with E-state index in [9.17, 15) is 9.90 Å². The Balaban J connectivity index is 1.89. The van der Waals surface area contributed by atoms with Gasteiger partial charge in [0.2, 0.25) is 0 Å². The number of hydrogen-bond acceptors (Lipinski definition) is 2. The van der Waals surface area contributed by atoms with Crippen LogP contribution in [0.1, 0.15) is 31.1 Å². The quantitative estimate of drug-likeness (QED) is 0.768. The van der Waals surface area contributed by atoms with E-state index in [1.165, 1.54) is 6.42 Å². The Morgan fingerprint density at radius 2 is 1.82 bits per heavy atom. The van der Waals surface area contributed by atoms with Crippen molar-refractivity contribution in [1.82, 2.24) is 10.2 Å². The molecule has 1 atom stereocenters. The highest BCUT2D eigenvalue weighted by Crippen LogP contribution is 2.12. The van der Waals surface area contributed by atoms with E-state index in [4.69, 9.17) is 0 Å². The molecule has 2 N–H and O–H groups in total. The van der Waals surface area contributed by atoms with Crippen LogP contribution >= 0.6 is 0 Å². The van der Waals surface area contributed by atoms with Gasteiger partial charge in [-0.05, 0) is 19.3 Å². The van der Waals surface area contributed by atoms with Crippen LogP contribution in [0.4, 0.5) is 4.79 Å². The number of rotatable bonds is 2. The van der Waals surface area contributed by atoms with Crippen LogP contribution in [0.25, 0.3) is 0 Å². The highest BCUT2D eigenvalue weighted by atomic mass is 16.3. The number of likely N-dealkylation sites (tertiary alicyclic amines) is 1. The van der Waals surface area contributed by atoms with Gasteiger partial charge in [0.25, 0.3) is 0 Å². The maximum atomic E-state index is 11.8. The smallest absolute Gasteiger partial charge is 0.319 e. The van der Waals surface area contributed by atoms with Crippen molar-refractivity contribution in [1.29, 1.82) is 0 Å². The molecule has 0 bridgehead atoms. The zero-order valence-electron chi connectivity index (χ0n) is 9.80. The minimum atomic E-state index is -0.925. The number of carbonyl (C=O) groups excluding carboxylic acids is 1. The second-order valence-electron chi connectivity index (χ2n) is 4.31. The molecule has 0 radical (unpaired) electrons. The summed E-state index contributed by atoms with van der Waals surface area (Å²) < 4.78 is 0. The van der Waals surface area contributed by atoms with E-state index in [0.29, 0.717) is 5.56 Å². The monoisotopic (exact) mass is 234 g/mol. The summed E-state index contributed by atoms with van der Waals surface area (Å²) in [7, 11) is 0. The first-order valence-electron chi connectivity index (χ1n) is 6.06. The fourth-order valence-electron chi connectivity index (χ4n) is 2.02. The van der Waals surface area contributed by atoms with Crippen molar-refractivity contribution in [3.05, 3.63) is 35.9 Å². The summed E-state index contributed by atoms with van der Waals surface area (Å²) in [5.74, 6) is 0. The third-order valence-electron chi connectivity index (χ3n) is 3.02. The van der Waals surface area contributed by atoms with E-state index in [1.54, 1.807) is 17.0 Å². The van der Waals surface area contributed by atoms with E-state index < -0.39 is 6.23 Å². The molecule has 1 aliphatic heterocycles. The van der Waals surface area contributed by atoms with Gasteiger partial charge in [-0.3, -0.25) is 0 Å². The van der Waals surface area contributed by atoms with Gasteiger partial charge in [-0.25, -0.2) is 4.79 Å². The van der Waals surface area contributed by atoms with Gasteiger partial charge >= 0.3 is 6.03 Å². The predicted octanol–water partition coefficient (Wildman–Crippen LogP) is 1.87. The molecule has 1 heterocycles. The Labute approximate surface area is 101 Å². The molecule has 1 unspecified atom stereocenters. The second kappa shape index (κ2) is 5.68. The van der Waals surface area contributed by atoms with Crippen LogP contribution in [0.5, 0.6) is 0 Å². The van der Waals surface area contributed by atoms with Crippen LogP contribution in [0.3, 0.4) is 0 Å². The number of benzene rings is 1. The molecule has 1 fully saturated rings. The zero-order chi connectivity index (χ0) is 12.1. The molecule has 1 saturated heterocycles. The summed E-state index contributed by atoms with van der Waals surface area (Å²) in [6, 6.07) is 8.96. The van der Waals surface area contributed by atoms with Crippen molar-refractivity contribution in [2.45, 2.75) is 25.5 Å². The van der Waals surface area contributed by atoms with Gasteiger partial charge in [0, 0.05) is 18.7 Å². The molecule has 0 aromatic heterocycles. The molecule has 1 aromatic rings. The molecule has 0 spiro atoms. The maximum Gasteiger partial charge on any atom is 0.319 e. The van der Waals surface area contributed by atoms with Crippen LogP contribution in [0.15, 0.2) is 30.3 Å². The SMILES string of the molecule is O=C(NC(O)c1ccccc1)N1CCCCC1. The van der Waals surface area contributed by atoms with Crippen molar-refractivity contribution in [2.24, 2.45) is 0 Å². The normalized spacial score (nSPS) is 17.6. The highest BCUT2D eigenvalue weighted by Gasteiger charge is 2.18. The summed E-state index contributed by atoms with van der Waals surface area (Å²) in [5.41, 5.74) is 0.706. The van der Waals surface area contributed by atoms with E-state index in [1.807, 2.05) is 18.2 Å². The first kappa shape index (κ1) is 11.9. The largest absolute Gasteiger partial charge is 0.369 e. The summed E-state index contributed by atoms with van der Waals surface area (Å²) in [5, 5.41) is 12.5. The molecule has 1 aliphatic rings.